The van der Waals surface area contributed by atoms with Gasteiger partial charge in [-0.2, -0.15) is 0 Å². The normalized spacial score (nSPS) is 14.3. The first-order valence-corrected chi connectivity index (χ1v) is 11.4. The summed E-state index contributed by atoms with van der Waals surface area (Å²) in [7, 11) is -0.563. The molecular formula is C22H28FO5P. The van der Waals surface area contributed by atoms with E-state index in [1.165, 1.54) is 26.4 Å². The second kappa shape index (κ2) is 10.1. The molecular weight excluding hydrogens is 394 g/mol. The van der Waals surface area contributed by atoms with Crippen molar-refractivity contribution in [2.24, 2.45) is 0 Å². The van der Waals surface area contributed by atoms with Crippen LogP contribution in [0.2, 0.25) is 0 Å². The van der Waals surface area contributed by atoms with Gasteiger partial charge in [0.1, 0.15) is 5.82 Å². The zero-order valence-electron chi connectivity index (χ0n) is 17.3. The van der Waals surface area contributed by atoms with E-state index < -0.39 is 19.4 Å². The number of aliphatic hydroxyl groups is 1. The fourth-order valence-electron chi connectivity index (χ4n) is 3.42. The van der Waals surface area contributed by atoms with Gasteiger partial charge in [-0.05, 0) is 54.7 Å². The number of methoxy groups -OCH3 is 1. The van der Waals surface area contributed by atoms with Gasteiger partial charge in [0.15, 0.2) is 0 Å². The average molecular weight is 422 g/mol. The quantitative estimate of drug-likeness (QED) is 0.476. The Hall–Kier alpha value is -2.01. The molecule has 0 aromatic heterocycles. The summed E-state index contributed by atoms with van der Waals surface area (Å²) in [5.74, 6) is -0.865. The van der Waals surface area contributed by atoms with E-state index in [1.807, 2.05) is 26.0 Å². The maximum absolute atomic E-state index is 13.3. The van der Waals surface area contributed by atoms with E-state index in [0.29, 0.717) is 6.42 Å². The van der Waals surface area contributed by atoms with E-state index in [9.17, 15) is 18.9 Å². The van der Waals surface area contributed by atoms with Crippen LogP contribution in [0, 0.1) is 19.7 Å². The summed E-state index contributed by atoms with van der Waals surface area (Å²) in [6.07, 6.45) is -0.748. The minimum Gasteiger partial charge on any atom is -0.469 e. The molecule has 0 radical (unpaired) electrons. The first kappa shape index (κ1) is 23.3. The molecule has 0 bridgehead atoms. The summed E-state index contributed by atoms with van der Waals surface area (Å²) in [5.41, 5.74) is 4.96. The minimum atomic E-state index is -3.16. The van der Waals surface area contributed by atoms with Crippen molar-refractivity contribution in [3.05, 3.63) is 58.9 Å². The van der Waals surface area contributed by atoms with Gasteiger partial charge in [-0.25, -0.2) is 4.39 Å². The SMILES string of the molecule is COC(=O)C[C@H](O)CP(=O)(CCc1c(C)cc(C)cc1-c1ccc(F)cc1)OC. The van der Waals surface area contributed by atoms with E-state index in [-0.39, 0.29) is 24.6 Å². The van der Waals surface area contributed by atoms with E-state index in [0.717, 1.165) is 27.8 Å². The van der Waals surface area contributed by atoms with Crippen molar-refractivity contribution in [3.63, 3.8) is 0 Å². The summed E-state index contributed by atoms with van der Waals surface area (Å²) < 4.78 is 36.3. The Bertz CT molecular complexity index is 895. The molecule has 2 atom stereocenters. The second-order valence-corrected chi connectivity index (χ2v) is 10.0. The Kier molecular flexibility index (Phi) is 8.14. The van der Waals surface area contributed by atoms with E-state index >= 15 is 0 Å². The molecule has 0 fully saturated rings. The van der Waals surface area contributed by atoms with Crippen molar-refractivity contribution in [2.75, 3.05) is 26.5 Å². The maximum Gasteiger partial charge on any atom is 0.308 e. The third-order valence-electron chi connectivity index (χ3n) is 4.93. The minimum absolute atomic E-state index is 0.116. The summed E-state index contributed by atoms with van der Waals surface area (Å²) in [6, 6.07) is 10.4. The predicted molar refractivity (Wildman–Crippen MR) is 112 cm³/mol. The van der Waals surface area contributed by atoms with Crippen LogP contribution in [0.4, 0.5) is 4.39 Å². The highest BCUT2D eigenvalue weighted by Crippen LogP contribution is 2.48. The van der Waals surface area contributed by atoms with Gasteiger partial charge in [-0.3, -0.25) is 9.36 Å². The van der Waals surface area contributed by atoms with E-state index in [4.69, 9.17) is 4.52 Å². The molecule has 2 rings (SSSR count). The third kappa shape index (κ3) is 6.49. The highest BCUT2D eigenvalue weighted by molar-refractivity contribution is 7.59. The van der Waals surface area contributed by atoms with Gasteiger partial charge in [0.25, 0.3) is 0 Å². The number of esters is 1. The number of aryl methyl sites for hydroxylation is 2. The van der Waals surface area contributed by atoms with Crippen molar-refractivity contribution in [1.29, 1.82) is 0 Å². The van der Waals surface area contributed by atoms with Gasteiger partial charge < -0.3 is 14.4 Å². The van der Waals surface area contributed by atoms with Gasteiger partial charge in [-0.15, -0.1) is 0 Å². The van der Waals surface area contributed by atoms with Crippen LogP contribution < -0.4 is 0 Å². The molecule has 0 saturated carbocycles. The van der Waals surface area contributed by atoms with Gasteiger partial charge in [0.2, 0.25) is 7.37 Å². The maximum atomic E-state index is 13.3. The number of halogens is 1. The van der Waals surface area contributed by atoms with Crippen LogP contribution in [0.25, 0.3) is 11.1 Å². The molecule has 2 aromatic carbocycles. The van der Waals surface area contributed by atoms with E-state index in [1.54, 1.807) is 12.1 Å². The number of aliphatic hydroxyl groups excluding tert-OH is 1. The highest BCUT2D eigenvalue weighted by atomic mass is 31.2. The van der Waals surface area contributed by atoms with Crippen LogP contribution in [0.1, 0.15) is 23.1 Å². The van der Waals surface area contributed by atoms with Crippen LogP contribution in [-0.2, 0) is 25.0 Å². The standard InChI is InChI=1S/C22H28FO5P/c1-15-11-16(2)20(21(12-15)17-5-7-18(23)8-6-17)9-10-29(26,28-4)14-19(24)13-22(25)27-3/h5-8,11-12,19,24H,9-10,13-14H2,1-4H3/t19-,29?/m0/s1. The molecule has 5 nitrogen and oxygen atoms in total. The lowest BCUT2D eigenvalue weighted by atomic mass is 9.92. The monoisotopic (exact) mass is 422 g/mol. The Labute approximate surface area is 171 Å². The molecule has 0 spiro atoms. The molecule has 2 aromatic rings. The Morgan fingerprint density at radius 2 is 1.83 bits per heavy atom. The van der Waals surface area contributed by atoms with Crippen molar-refractivity contribution in [2.45, 2.75) is 32.8 Å². The Morgan fingerprint density at radius 3 is 2.41 bits per heavy atom. The molecule has 0 amide bonds. The lowest BCUT2D eigenvalue weighted by Crippen LogP contribution is -2.20. The fraction of sp³-hybridized carbons (Fsp3) is 0.409. The van der Waals surface area contributed by atoms with Crippen LogP contribution in [0.5, 0.6) is 0 Å². The van der Waals surface area contributed by atoms with E-state index in [2.05, 4.69) is 4.74 Å². The Balaban J connectivity index is 2.25. The average Bonchev–Trinajstić information content (AvgIpc) is 2.67. The van der Waals surface area contributed by atoms with Crippen LogP contribution >= 0.6 is 7.37 Å². The van der Waals surface area contributed by atoms with Gasteiger partial charge in [0.05, 0.1) is 25.8 Å². The Morgan fingerprint density at radius 1 is 1.17 bits per heavy atom. The van der Waals surface area contributed by atoms with Crippen molar-refractivity contribution < 1.29 is 28.1 Å². The summed E-state index contributed by atoms with van der Waals surface area (Å²) >= 11 is 0. The molecule has 7 heteroatoms. The van der Waals surface area contributed by atoms with Crippen molar-refractivity contribution in [1.82, 2.24) is 0 Å². The van der Waals surface area contributed by atoms with Crippen molar-refractivity contribution >= 4 is 13.3 Å². The molecule has 1 unspecified atom stereocenters. The fourth-order valence-corrected chi connectivity index (χ4v) is 5.27. The summed E-state index contributed by atoms with van der Waals surface area (Å²) in [6.45, 7) is 3.98. The van der Waals surface area contributed by atoms with Crippen LogP contribution in [0.3, 0.4) is 0 Å². The molecule has 1 N–H and O–H groups in total. The first-order valence-electron chi connectivity index (χ1n) is 9.42. The first-order chi connectivity index (χ1) is 13.7. The lowest BCUT2D eigenvalue weighted by molar-refractivity contribution is -0.142. The van der Waals surface area contributed by atoms with Gasteiger partial charge >= 0.3 is 5.97 Å². The molecule has 0 heterocycles. The molecule has 29 heavy (non-hydrogen) atoms. The second-order valence-electron chi connectivity index (χ2n) is 7.20. The molecule has 158 valence electrons. The van der Waals surface area contributed by atoms with Crippen LogP contribution in [-0.4, -0.2) is 43.7 Å². The summed E-state index contributed by atoms with van der Waals surface area (Å²) in [5, 5.41) is 10.1. The highest BCUT2D eigenvalue weighted by Gasteiger charge is 2.28. The smallest absolute Gasteiger partial charge is 0.308 e. The molecule has 0 aliphatic rings. The number of ether oxygens (including phenoxy) is 1. The largest absolute Gasteiger partial charge is 0.469 e. The van der Waals surface area contributed by atoms with Crippen LogP contribution in [0.15, 0.2) is 36.4 Å². The number of hydrogen-bond acceptors (Lipinski definition) is 5. The predicted octanol–water partition coefficient (Wildman–Crippen LogP) is 4.50. The molecule has 0 aliphatic carbocycles. The topological polar surface area (TPSA) is 72.8 Å². The number of carbonyl (C=O) groups excluding carboxylic acids is 1. The van der Waals surface area contributed by atoms with Crippen molar-refractivity contribution in [3.8, 4) is 11.1 Å². The van der Waals surface area contributed by atoms with Gasteiger partial charge in [0, 0.05) is 13.3 Å². The number of benzene rings is 2. The number of hydrogen-bond donors (Lipinski definition) is 1. The number of rotatable bonds is 9. The molecule has 0 aliphatic heterocycles. The zero-order chi connectivity index (χ0) is 21.6. The lowest BCUT2D eigenvalue weighted by Gasteiger charge is -2.21. The summed E-state index contributed by atoms with van der Waals surface area (Å²) in [4.78, 5) is 11.3. The molecule has 0 saturated heterocycles. The number of carbonyl (C=O) groups is 1. The van der Waals surface area contributed by atoms with Gasteiger partial charge in [-0.1, -0.05) is 29.8 Å². The third-order valence-corrected chi connectivity index (χ3v) is 7.47. The zero-order valence-corrected chi connectivity index (χ0v) is 18.2.